The molecule has 2 rings (SSSR count). The standard InChI is InChI=1S/C13H21N5O/c1-4-9-10(5-2)15-16-13(11(9)12(14)17-19)18(3)8-6-7-8/h8,19H,4-7H2,1-3H3,(H2,14,17). The van der Waals surface area contributed by atoms with E-state index >= 15 is 0 Å². The molecular weight excluding hydrogens is 242 g/mol. The normalized spacial score (nSPS) is 15.6. The van der Waals surface area contributed by atoms with Crippen molar-refractivity contribution < 1.29 is 5.21 Å². The molecule has 1 aromatic heterocycles. The minimum absolute atomic E-state index is 0.115. The van der Waals surface area contributed by atoms with Crippen LogP contribution in [-0.4, -0.2) is 34.3 Å². The van der Waals surface area contributed by atoms with Crippen LogP contribution in [0.25, 0.3) is 0 Å². The van der Waals surface area contributed by atoms with E-state index < -0.39 is 0 Å². The van der Waals surface area contributed by atoms with E-state index in [-0.39, 0.29) is 5.84 Å². The van der Waals surface area contributed by atoms with E-state index in [1.807, 2.05) is 20.9 Å². The van der Waals surface area contributed by atoms with Gasteiger partial charge in [0, 0.05) is 13.1 Å². The summed E-state index contributed by atoms with van der Waals surface area (Å²) in [5.41, 5.74) is 8.52. The SMILES string of the molecule is CCc1nnc(N(C)C2CC2)c(C(N)=NO)c1CC. The number of hydrogen-bond acceptors (Lipinski definition) is 5. The van der Waals surface area contributed by atoms with Gasteiger partial charge in [0.1, 0.15) is 0 Å². The molecule has 0 aliphatic heterocycles. The number of hydrogen-bond donors (Lipinski definition) is 2. The predicted octanol–water partition coefficient (Wildman–Crippen LogP) is 1.29. The second-order valence-corrected chi connectivity index (χ2v) is 4.86. The zero-order valence-electron chi connectivity index (χ0n) is 11.7. The van der Waals surface area contributed by atoms with Crippen LogP contribution < -0.4 is 10.6 Å². The highest BCUT2D eigenvalue weighted by atomic mass is 16.4. The number of nitrogens with two attached hydrogens (primary N) is 1. The maximum absolute atomic E-state index is 9.03. The number of amidine groups is 1. The van der Waals surface area contributed by atoms with Crippen LogP contribution in [0.4, 0.5) is 5.82 Å². The molecule has 0 atom stereocenters. The van der Waals surface area contributed by atoms with Gasteiger partial charge in [-0.2, -0.15) is 5.10 Å². The molecule has 0 radical (unpaired) electrons. The lowest BCUT2D eigenvalue weighted by molar-refractivity contribution is 0.318. The molecule has 1 aromatic rings. The Labute approximate surface area is 113 Å². The van der Waals surface area contributed by atoms with Gasteiger partial charge in [0.15, 0.2) is 11.7 Å². The average Bonchev–Trinajstić information content (AvgIpc) is 3.28. The minimum Gasteiger partial charge on any atom is -0.409 e. The van der Waals surface area contributed by atoms with Crippen molar-refractivity contribution in [3.05, 3.63) is 16.8 Å². The third kappa shape index (κ3) is 2.47. The van der Waals surface area contributed by atoms with E-state index in [9.17, 15) is 0 Å². The fraction of sp³-hybridized carbons (Fsp3) is 0.615. The van der Waals surface area contributed by atoms with Gasteiger partial charge in [0.05, 0.1) is 11.3 Å². The summed E-state index contributed by atoms with van der Waals surface area (Å²) in [7, 11) is 1.99. The Bertz CT molecular complexity index is 496. The average molecular weight is 263 g/mol. The molecule has 3 N–H and O–H groups in total. The number of rotatable bonds is 5. The van der Waals surface area contributed by atoms with E-state index in [1.165, 1.54) is 0 Å². The maximum Gasteiger partial charge on any atom is 0.174 e. The van der Waals surface area contributed by atoms with Crippen molar-refractivity contribution in [3.8, 4) is 0 Å². The number of aromatic nitrogens is 2. The maximum atomic E-state index is 9.03. The fourth-order valence-electron chi connectivity index (χ4n) is 2.36. The largest absolute Gasteiger partial charge is 0.409 e. The van der Waals surface area contributed by atoms with Crippen LogP contribution in [0.5, 0.6) is 0 Å². The van der Waals surface area contributed by atoms with Crippen LogP contribution in [0.2, 0.25) is 0 Å². The van der Waals surface area contributed by atoms with Crippen molar-refractivity contribution in [1.82, 2.24) is 10.2 Å². The molecule has 1 aliphatic rings. The molecule has 6 heteroatoms. The van der Waals surface area contributed by atoms with E-state index in [0.29, 0.717) is 11.9 Å². The molecule has 0 unspecified atom stereocenters. The van der Waals surface area contributed by atoms with E-state index in [0.717, 1.165) is 42.5 Å². The number of aryl methyl sites for hydroxylation is 1. The molecule has 0 saturated heterocycles. The first kappa shape index (κ1) is 13.6. The summed E-state index contributed by atoms with van der Waals surface area (Å²) in [6, 6.07) is 0.497. The van der Waals surface area contributed by atoms with Crippen LogP contribution in [0.3, 0.4) is 0 Å². The summed E-state index contributed by atoms with van der Waals surface area (Å²) in [6.45, 7) is 4.08. The van der Waals surface area contributed by atoms with Crippen LogP contribution in [-0.2, 0) is 12.8 Å². The summed E-state index contributed by atoms with van der Waals surface area (Å²) in [5.74, 6) is 0.829. The van der Waals surface area contributed by atoms with Crippen molar-refractivity contribution >= 4 is 11.7 Å². The molecule has 0 spiro atoms. The van der Waals surface area contributed by atoms with Gasteiger partial charge >= 0.3 is 0 Å². The van der Waals surface area contributed by atoms with E-state index in [1.54, 1.807) is 0 Å². The molecule has 0 aromatic carbocycles. The molecule has 1 saturated carbocycles. The third-order valence-corrected chi connectivity index (χ3v) is 3.62. The fourth-order valence-corrected chi connectivity index (χ4v) is 2.36. The van der Waals surface area contributed by atoms with E-state index in [4.69, 9.17) is 10.9 Å². The van der Waals surface area contributed by atoms with Crippen LogP contribution in [0.15, 0.2) is 5.16 Å². The first-order valence-electron chi connectivity index (χ1n) is 6.73. The Morgan fingerprint density at radius 2 is 2.05 bits per heavy atom. The van der Waals surface area contributed by atoms with Crippen LogP contribution >= 0.6 is 0 Å². The molecule has 1 fully saturated rings. The van der Waals surface area contributed by atoms with Crippen molar-refractivity contribution in [3.63, 3.8) is 0 Å². The van der Waals surface area contributed by atoms with Gasteiger partial charge in [-0.15, -0.1) is 5.10 Å². The third-order valence-electron chi connectivity index (χ3n) is 3.62. The Balaban J connectivity index is 2.58. The van der Waals surface area contributed by atoms with Crippen molar-refractivity contribution in [2.45, 2.75) is 45.6 Å². The van der Waals surface area contributed by atoms with Gasteiger partial charge in [-0.3, -0.25) is 0 Å². The summed E-state index contributed by atoms with van der Waals surface area (Å²) >= 11 is 0. The molecule has 1 heterocycles. The van der Waals surface area contributed by atoms with Gasteiger partial charge < -0.3 is 15.8 Å². The molecule has 6 nitrogen and oxygen atoms in total. The molecule has 104 valence electrons. The van der Waals surface area contributed by atoms with Gasteiger partial charge in [0.25, 0.3) is 0 Å². The Kier molecular flexibility index (Phi) is 3.87. The summed E-state index contributed by atoms with van der Waals surface area (Å²) in [4.78, 5) is 2.08. The number of nitrogens with zero attached hydrogens (tertiary/aromatic N) is 4. The molecule has 1 aliphatic carbocycles. The second-order valence-electron chi connectivity index (χ2n) is 4.86. The molecule has 19 heavy (non-hydrogen) atoms. The predicted molar refractivity (Wildman–Crippen MR) is 74.7 cm³/mol. The van der Waals surface area contributed by atoms with Gasteiger partial charge in [0.2, 0.25) is 0 Å². The van der Waals surface area contributed by atoms with Gasteiger partial charge in [-0.25, -0.2) is 0 Å². The topological polar surface area (TPSA) is 87.6 Å². The van der Waals surface area contributed by atoms with Crippen LogP contribution in [0.1, 0.15) is 43.5 Å². The van der Waals surface area contributed by atoms with Gasteiger partial charge in [-0.1, -0.05) is 19.0 Å². The van der Waals surface area contributed by atoms with E-state index in [2.05, 4.69) is 20.3 Å². The quantitative estimate of drug-likeness (QED) is 0.362. The second kappa shape index (κ2) is 5.42. The lowest BCUT2D eigenvalue weighted by Gasteiger charge is -2.22. The van der Waals surface area contributed by atoms with Crippen molar-refractivity contribution in [2.75, 3.05) is 11.9 Å². The number of oxime groups is 1. The Morgan fingerprint density at radius 1 is 1.37 bits per heavy atom. The van der Waals surface area contributed by atoms with Crippen LogP contribution in [0, 0.1) is 0 Å². The van der Waals surface area contributed by atoms with Crippen molar-refractivity contribution in [1.29, 1.82) is 0 Å². The summed E-state index contributed by atoms with van der Waals surface area (Å²) in [5, 5.41) is 20.8. The highest BCUT2D eigenvalue weighted by Gasteiger charge is 2.31. The highest BCUT2D eigenvalue weighted by Crippen LogP contribution is 2.32. The lowest BCUT2D eigenvalue weighted by atomic mass is 10.0. The smallest absolute Gasteiger partial charge is 0.174 e. The monoisotopic (exact) mass is 263 g/mol. The Morgan fingerprint density at radius 3 is 2.53 bits per heavy atom. The first-order chi connectivity index (χ1) is 9.13. The lowest BCUT2D eigenvalue weighted by Crippen LogP contribution is -2.28. The summed E-state index contributed by atoms with van der Waals surface area (Å²) in [6.07, 6.45) is 3.89. The number of anilines is 1. The van der Waals surface area contributed by atoms with Gasteiger partial charge in [-0.05, 0) is 31.2 Å². The molecule has 0 amide bonds. The zero-order chi connectivity index (χ0) is 14.0. The zero-order valence-corrected chi connectivity index (χ0v) is 11.7. The Hall–Kier alpha value is -1.85. The first-order valence-corrected chi connectivity index (χ1v) is 6.73. The minimum atomic E-state index is 0.115. The summed E-state index contributed by atoms with van der Waals surface area (Å²) < 4.78 is 0. The highest BCUT2D eigenvalue weighted by molar-refractivity contribution is 6.03. The molecular formula is C13H21N5O. The van der Waals surface area contributed by atoms with Crippen molar-refractivity contribution in [2.24, 2.45) is 10.9 Å². The molecule has 0 bridgehead atoms.